The second-order valence-electron chi connectivity index (χ2n) is 6.04. The van der Waals surface area contributed by atoms with E-state index in [9.17, 15) is 4.79 Å². The largest absolute Gasteiger partial charge is 0.494 e. The maximum atomic E-state index is 12.1. The predicted octanol–water partition coefficient (Wildman–Crippen LogP) is 4.99. The van der Waals surface area contributed by atoms with Crippen molar-refractivity contribution in [3.05, 3.63) is 64.2 Å². The number of rotatable bonds is 7. The van der Waals surface area contributed by atoms with Gasteiger partial charge in [0.05, 0.1) is 12.6 Å². The molecule has 128 valence electrons. The molecule has 0 unspecified atom stereocenters. The van der Waals surface area contributed by atoms with Crippen molar-refractivity contribution in [1.29, 1.82) is 0 Å². The van der Waals surface area contributed by atoms with Gasteiger partial charge >= 0.3 is 0 Å². The molecule has 1 N–H and O–H groups in total. The van der Waals surface area contributed by atoms with E-state index in [1.807, 2.05) is 19.1 Å². The molecule has 0 saturated carbocycles. The third-order valence-corrected chi connectivity index (χ3v) is 4.29. The van der Waals surface area contributed by atoms with E-state index in [0.29, 0.717) is 24.5 Å². The van der Waals surface area contributed by atoms with Gasteiger partial charge in [0.2, 0.25) is 5.91 Å². The van der Waals surface area contributed by atoms with Crippen molar-refractivity contribution in [3.8, 4) is 5.75 Å². The van der Waals surface area contributed by atoms with Crippen LogP contribution in [0.5, 0.6) is 5.75 Å². The molecule has 0 aromatic heterocycles. The van der Waals surface area contributed by atoms with Crippen molar-refractivity contribution in [2.75, 3.05) is 6.61 Å². The zero-order chi connectivity index (χ0) is 17.5. The van der Waals surface area contributed by atoms with E-state index in [-0.39, 0.29) is 11.9 Å². The highest BCUT2D eigenvalue weighted by Crippen LogP contribution is 2.17. The first-order valence-corrected chi connectivity index (χ1v) is 8.58. The molecule has 0 aliphatic rings. The van der Waals surface area contributed by atoms with Crippen molar-refractivity contribution in [2.45, 2.75) is 39.7 Å². The van der Waals surface area contributed by atoms with Crippen LogP contribution in [-0.4, -0.2) is 12.5 Å². The average Bonchev–Trinajstić information content (AvgIpc) is 2.55. The number of halogens is 1. The highest BCUT2D eigenvalue weighted by Gasteiger charge is 2.10. The van der Waals surface area contributed by atoms with Gasteiger partial charge in [0.15, 0.2) is 0 Å². The fourth-order valence-electron chi connectivity index (χ4n) is 2.38. The quantitative estimate of drug-likeness (QED) is 0.717. The summed E-state index contributed by atoms with van der Waals surface area (Å²) in [5.41, 5.74) is 3.63. The Morgan fingerprint density at radius 3 is 2.50 bits per heavy atom. The SMILES string of the molecule is Cc1ccc([C@@H](C)NC(=O)CCCOc2ccc(Cl)cc2)cc1C. The van der Waals surface area contributed by atoms with E-state index in [0.717, 1.165) is 11.3 Å². The Morgan fingerprint density at radius 2 is 1.83 bits per heavy atom. The maximum absolute atomic E-state index is 12.1. The Labute approximate surface area is 149 Å². The van der Waals surface area contributed by atoms with E-state index in [1.54, 1.807) is 12.1 Å². The van der Waals surface area contributed by atoms with Crippen molar-refractivity contribution in [3.63, 3.8) is 0 Å². The van der Waals surface area contributed by atoms with Gasteiger partial charge < -0.3 is 10.1 Å². The topological polar surface area (TPSA) is 38.3 Å². The Kier molecular flexibility index (Phi) is 6.68. The van der Waals surface area contributed by atoms with Crippen LogP contribution in [-0.2, 0) is 4.79 Å². The molecular formula is C20H24ClNO2. The molecule has 0 aliphatic heterocycles. The molecule has 3 nitrogen and oxygen atoms in total. The number of carbonyl (C=O) groups excluding carboxylic acids is 1. The Morgan fingerprint density at radius 1 is 1.12 bits per heavy atom. The van der Waals surface area contributed by atoms with E-state index in [1.165, 1.54) is 11.1 Å². The zero-order valence-corrected chi connectivity index (χ0v) is 15.2. The number of carbonyl (C=O) groups is 1. The first-order valence-electron chi connectivity index (χ1n) is 8.20. The highest BCUT2D eigenvalue weighted by molar-refractivity contribution is 6.30. The third-order valence-electron chi connectivity index (χ3n) is 4.04. The summed E-state index contributed by atoms with van der Waals surface area (Å²) in [6.45, 7) is 6.68. The van der Waals surface area contributed by atoms with Crippen LogP contribution in [0.3, 0.4) is 0 Å². The van der Waals surface area contributed by atoms with Crippen molar-refractivity contribution >= 4 is 17.5 Å². The number of aryl methyl sites for hydroxylation is 2. The van der Waals surface area contributed by atoms with E-state index in [4.69, 9.17) is 16.3 Å². The average molecular weight is 346 g/mol. The zero-order valence-electron chi connectivity index (χ0n) is 14.4. The van der Waals surface area contributed by atoms with Gasteiger partial charge in [-0.3, -0.25) is 4.79 Å². The van der Waals surface area contributed by atoms with Crippen LogP contribution in [0.1, 0.15) is 42.5 Å². The van der Waals surface area contributed by atoms with Gasteiger partial charge in [-0.2, -0.15) is 0 Å². The minimum absolute atomic E-state index is 0.00832. The molecule has 2 aromatic carbocycles. The maximum Gasteiger partial charge on any atom is 0.220 e. The van der Waals surface area contributed by atoms with Gasteiger partial charge in [0, 0.05) is 11.4 Å². The molecule has 0 bridgehead atoms. The van der Waals surface area contributed by atoms with Crippen LogP contribution in [0.2, 0.25) is 5.02 Å². The van der Waals surface area contributed by atoms with Crippen LogP contribution in [0.15, 0.2) is 42.5 Å². The number of benzene rings is 2. The molecule has 0 fully saturated rings. The fraction of sp³-hybridized carbons (Fsp3) is 0.350. The molecule has 0 radical (unpaired) electrons. The van der Waals surface area contributed by atoms with Gasteiger partial charge in [-0.25, -0.2) is 0 Å². The molecule has 2 rings (SSSR count). The number of ether oxygens (including phenoxy) is 1. The molecule has 2 aromatic rings. The lowest BCUT2D eigenvalue weighted by Gasteiger charge is -2.16. The van der Waals surface area contributed by atoms with E-state index >= 15 is 0 Å². The van der Waals surface area contributed by atoms with Gasteiger partial charge in [-0.1, -0.05) is 29.8 Å². The van der Waals surface area contributed by atoms with E-state index in [2.05, 4.69) is 37.4 Å². The molecule has 0 spiro atoms. The van der Waals surface area contributed by atoms with Crippen LogP contribution in [0.4, 0.5) is 0 Å². The third kappa shape index (κ3) is 5.57. The van der Waals surface area contributed by atoms with Gasteiger partial charge in [0.25, 0.3) is 0 Å². The standard InChI is InChI=1S/C20H24ClNO2/c1-14-6-7-17(13-15(14)2)16(3)22-20(23)5-4-12-24-19-10-8-18(21)9-11-19/h6-11,13,16H,4-5,12H2,1-3H3,(H,22,23)/t16-/m1/s1. The first-order chi connectivity index (χ1) is 11.5. The smallest absolute Gasteiger partial charge is 0.220 e. The van der Waals surface area contributed by atoms with Gasteiger partial charge in [-0.05, 0) is 68.1 Å². The Hall–Kier alpha value is -2.00. The molecule has 0 saturated heterocycles. The van der Waals surface area contributed by atoms with Crippen molar-refractivity contribution in [1.82, 2.24) is 5.32 Å². The number of hydrogen-bond donors (Lipinski definition) is 1. The number of hydrogen-bond acceptors (Lipinski definition) is 2. The molecule has 1 atom stereocenters. The lowest BCUT2D eigenvalue weighted by molar-refractivity contribution is -0.121. The second kappa shape index (κ2) is 8.74. The fourth-order valence-corrected chi connectivity index (χ4v) is 2.51. The van der Waals surface area contributed by atoms with Crippen molar-refractivity contribution in [2.24, 2.45) is 0 Å². The Balaban J connectivity index is 1.72. The lowest BCUT2D eigenvalue weighted by atomic mass is 10.0. The monoisotopic (exact) mass is 345 g/mol. The first kappa shape index (κ1) is 18.3. The predicted molar refractivity (Wildman–Crippen MR) is 98.7 cm³/mol. The number of amides is 1. The summed E-state index contributed by atoms with van der Waals surface area (Å²) in [7, 11) is 0. The molecule has 0 heterocycles. The highest BCUT2D eigenvalue weighted by atomic mass is 35.5. The molecule has 0 aliphatic carbocycles. The summed E-state index contributed by atoms with van der Waals surface area (Å²) in [6.07, 6.45) is 1.12. The van der Waals surface area contributed by atoms with Crippen LogP contribution < -0.4 is 10.1 Å². The summed E-state index contributed by atoms with van der Waals surface area (Å²) >= 11 is 5.82. The summed E-state index contributed by atoms with van der Waals surface area (Å²) in [5, 5.41) is 3.72. The summed E-state index contributed by atoms with van der Waals surface area (Å²) in [4.78, 5) is 12.1. The van der Waals surface area contributed by atoms with Crippen molar-refractivity contribution < 1.29 is 9.53 Å². The normalized spacial score (nSPS) is 11.8. The molecule has 24 heavy (non-hydrogen) atoms. The van der Waals surface area contributed by atoms with Gasteiger partial charge in [-0.15, -0.1) is 0 Å². The second-order valence-corrected chi connectivity index (χ2v) is 6.48. The minimum Gasteiger partial charge on any atom is -0.494 e. The molecule has 1 amide bonds. The lowest BCUT2D eigenvalue weighted by Crippen LogP contribution is -2.26. The van der Waals surface area contributed by atoms with Gasteiger partial charge in [0.1, 0.15) is 5.75 Å². The van der Waals surface area contributed by atoms with Crippen LogP contribution in [0.25, 0.3) is 0 Å². The number of nitrogens with one attached hydrogen (secondary N) is 1. The van der Waals surface area contributed by atoms with E-state index < -0.39 is 0 Å². The summed E-state index contributed by atoms with van der Waals surface area (Å²) < 4.78 is 5.59. The van der Waals surface area contributed by atoms with Crippen LogP contribution >= 0.6 is 11.6 Å². The summed E-state index contributed by atoms with van der Waals surface area (Å²) in [6, 6.07) is 13.5. The molecular weight excluding hydrogens is 322 g/mol. The summed E-state index contributed by atoms with van der Waals surface area (Å²) in [5.74, 6) is 0.809. The minimum atomic E-state index is 0.00832. The van der Waals surface area contributed by atoms with Crippen LogP contribution in [0, 0.1) is 13.8 Å². The molecule has 4 heteroatoms. The Bertz CT molecular complexity index is 683.